The van der Waals surface area contributed by atoms with Gasteiger partial charge in [0.2, 0.25) is 0 Å². The summed E-state index contributed by atoms with van der Waals surface area (Å²) in [6.07, 6.45) is 8.12. The number of nitrogens with one attached hydrogen (secondary N) is 1. The molecule has 1 aliphatic heterocycles. The van der Waals surface area contributed by atoms with Crippen LogP contribution in [0.4, 0.5) is 10.5 Å². The molecule has 1 heterocycles. The number of rotatable bonds is 3. The molecule has 0 aromatic heterocycles. The Bertz CT molecular complexity index is 471. The second-order valence-corrected chi connectivity index (χ2v) is 6.44. The molecular weight excluding hydrogens is 276 g/mol. The van der Waals surface area contributed by atoms with Gasteiger partial charge in [0.25, 0.3) is 0 Å². The Hall–Kier alpha value is -1.55. The Labute approximate surface area is 132 Å². The number of piperidine rings is 1. The molecular formula is C18H26N2O2. The second-order valence-electron chi connectivity index (χ2n) is 6.44. The zero-order valence-corrected chi connectivity index (χ0v) is 13.2. The van der Waals surface area contributed by atoms with E-state index in [-0.39, 0.29) is 12.2 Å². The Morgan fingerprint density at radius 2 is 1.82 bits per heavy atom. The molecule has 2 unspecified atom stereocenters. The molecule has 1 aliphatic carbocycles. The molecule has 1 N–H and O–H groups in total. The average molecular weight is 302 g/mol. The van der Waals surface area contributed by atoms with Crippen LogP contribution in [-0.2, 0) is 4.74 Å². The Kier molecular flexibility index (Phi) is 5.33. The summed E-state index contributed by atoms with van der Waals surface area (Å²) in [6, 6.07) is 10.1. The second kappa shape index (κ2) is 7.63. The maximum absolute atomic E-state index is 12.0. The number of hydrogen-bond donors (Lipinski definition) is 1. The van der Waals surface area contributed by atoms with Gasteiger partial charge in [-0.1, -0.05) is 24.6 Å². The summed E-state index contributed by atoms with van der Waals surface area (Å²) in [5.41, 5.74) is 0.788. The molecule has 3 rings (SSSR count). The first kappa shape index (κ1) is 15.3. The number of nitrogens with zero attached hydrogens (tertiary/aromatic N) is 1. The van der Waals surface area contributed by atoms with Crippen LogP contribution in [0.1, 0.15) is 44.9 Å². The highest BCUT2D eigenvalue weighted by atomic mass is 16.6. The first-order valence-corrected chi connectivity index (χ1v) is 8.58. The molecule has 1 saturated carbocycles. The lowest BCUT2D eigenvalue weighted by Crippen LogP contribution is -2.44. The van der Waals surface area contributed by atoms with E-state index in [2.05, 4.69) is 10.2 Å². The third-order valence-corrected chi connectivity index (χ3v) is 4.80. The maximum Gasteiger partial charge on any atom is 0.411 e. The van der Waals surface area contributed by atoms with Crippen molar-refractivity contribution in [2.24, 2.45) is 0 Å². The van der Waals surface area contributed by atoms with Gasteiger partial charge in [0.1, 0.15) is 6.10 Å². The lowest BCUT2D eigenvalue weighted by atomic mass is 9.90. The van der Waals surface area contributed by atoms with Crippen LogP contribution in [0.15, 0.2) is 30.3 Å². The lowest BCUT2D eigenvalue weighted by Gasteiger charge is -2.39. The number of anilines is 1. The minimum Gasteiger partial charge on any atom is -0.446 e. The number of hydrogen-bond acceptors (Lipinski definition) is 3. The van der Waals surface area contributed by atoms with Gasteiger partial charge in [0.15, 0.2) is 0 Å². The van der Waals surface area contributed by atoms with E-state index in [0.29, 0.717) is 6.04 Å². The fourth-order valence-electron chi connectivity index (χ4n) is 3.66. The fourth-order valence-corrected chi connectivity index (χ4v) is 3.66. The standard InChI is InChI=1S/C18H26N2O2/c21-18(19-15-8-3-1-4-9-15)22-17-11-7-10-16(14-17)20-12-5-2-6-13-20/h1,3-4,8-9,16-17H,2,5-7,10-14H2,(H,19,21). The van der Waals surface area contributed by atoms with Gasteiger partial charge in [-0.25, -0.2) is 4.79 Å². The smallest absolute Gasteiger partial charge is 0.411 e. The first-order chi connectivity index (χ1) is 10.8. The Morgan fingerprint density at radius 1 is 1.05 bits per heavy atom. The number of amides is 1. The monoisotopic (exact) mass is 302 g/mol. The number of ether oxygens (including phenoxy) is 1. The van der Waals surface area contributed by atoms with E-state index < -0.39 is 0 Å². The van der Waals surface area contributed by atoms with E-state index in [1.807, 2.05) is 30.3 Å². The molecule has 2 fully saturated rings. The van der Waals surface area contributed by atoms with Gasteiger partial charge in [0.05, 0.1) is 0 Å². The minimum atomic E-state index is -0.324. The van der Waals surface area contributed by atoms with Gasteiger partial charge in [-0.05, 0) is 57.3 Å². The van der Waals surface area contributed by atoms with Crippen molar-refractivity contribution in [3.63, 3.8) is 0 Å². The van der Waals surface area contributed by atoms with Gasteiger partial charge < -0.3 is 9.64 Å². The van der Waals surface area contributed by atoms with Crippen molar-refractivity contribution in [2.45, 2.75) is 57.1 Å². The fraction of sp³-hybridized carbons (Fsp3) is 0.611. The molecule has 22 heavy (non-hydrogen) atoms. The summed E-state index contributed by atoms with van der Waals surface area (Å²) in [6.45, 7) is 2.43. The van der Waals surface area contributed by atoms with E-state index in [9.17, 15) is 4.79 Å². The molecule has 0 bridgehead atoms. The summed E-state index contributed by atoms with van der Waals surface area (Å²) >= 11 is 0. The maximum atomic E-state index is 12.0. The number of likely N-dealkylation sites (tertiary alicyclic amines) is 1. The quantitative estimate of drug-likeness (QED) is 0.916. The molecule has 4 heteroatoms. The van der Waals surface area contributed by atoms with Crippen molar-refractivity contribution >= 4 is 11.8 Å². The summed E-state index contributed by atoms with van der Waals surface area (Å²) < 4.78 is 5.64. The molecule has 1 amide bonds. The molecule has 2 atom stereocenters. The predicted octanol–water partition coefficient (Wildman–Crippen LogP) is 4.03. The van der Waals surface area contributed by atoms with Crippen molar-refractivity contribution in [2.75, 3.05) is 18.4 Å². The predicted molar refractivity (Wildman–Crippen MR) is 88.0 cm³/mol. The number of benzene rings is 1. The van der Waals surface area contributed by atoms with Crippen molar-refractivity contribution in [3.8, 4) is 0 Å². The van der Waals surface area contributed by atoms with E-state index in [1.165, 1.54) is 38.8 Å². The Balaban J connectivity index is 1.48. The van der Waals surface area contributed by atoms with Crippen LogP contribution < -0.4 is 5.32 Å². The zero-order valence-electron chi connectivity index (χ0n) is 13.2. The first-order valence-electron chi connectivity index (χ1n) is 8.58. The third-order valence-electron chi connectivity index (χ3n) is 4.80. The van der Waals surface area contributed by atoms with E-state index in [0.717, 1.165) is 24.9 Å². The highest BCUT2D eigenvalue weighted by Gasteiger charge is 2.29. The molecule has 4 nitrogen and oxygen atoms in total. The van der Waals surface area contributed by atoms with Crippen LogP contribution in [0.5, 0.6) is 0 Å². The molecule has 0 radical (unpaired) electrons. The molecule has 1 aromatic carbocycles. The number of carbonyl (C=O) groups excluding carboxylic acids is 1. The average Bonchev–Trinajstić information content (AvgIpc) is 2.57. The largest absolute Gasteiger partial charge is 0.446 e. The van der Waals surface area contributed by atoms with Gasteiger partial charge in [0, 0.05) is 18.2 Å². The normalized spacial score (nSPS) is 26.4. The van der Waals surface area contributed by atoms with Gasteiger partial charge in [-0.3, -0.25) is 5.32 Å². The highest BCUT2D eigenvalue weighted by Crippen LogP contribution is 2.27. The van der Waals surface area contributed by atoms with Gasteiger partial charge >= 0.3 is 6.09 Å². The topological polar surface area (TPSA) is 41.6 Å². The third kappa shape index (κ3) is 4.23. The molecule has 1 saturated heterocycles. The van der Waals surface area contributed by atoms with Crippen LogP contribution in [0, 0.1) is 0 Å². The van der Waals surface area contributed by atoms with Crippen LogP contribution in [0.3, 0.4) is 0 Å². The minimum absolute atomic E-state index is 0.0596. The molecule has 120 valence electrons. The van der Waals surface area contributed by atoms with Crippen LogP contribution in [0.25, 0.3) is 0 Å². The Morgan fingerprint density at radius 3 is 2.59 bits per heavy atom. The summed E-state index contributed by atoms with van der Waals surface area (Å²) in [5, 5.41) is 2.81. The number of carbonyl (C=O) groups is 1. The van der Waals surface area contributed by atoms with Crippen molar-refractivity contribution < 1.29 is 9.53 Å². The lowest BCUT2D eigenvalue weighted by molar-refractivity contribution is 0.0391. The summed E-state index contributed by atoms with van der Waals surface area (Å²) in [4.78, 5) is 14.6. The molecule has 1 aromatic rings. The summed E-state index contributed by atoms with van der Waals surface area (Å²) in [7, 11) is 0. The van der Waals surface area contributed by atoms with Gasteiger partial charge in [-0.15, -0.1) is 0 Å². The molecule has 2 aliphatic rings. The van der Waals surface area contributed by atoms with Gasteiger partial charge in [-0.2, -0.15) is 0 Å². The summed E-state index contributed by atoms with van der Waals surface area (Å²) in [5.74, 6) is 0. The van der Waals surface area contributed by atoms with Crippen molar-refractivity contribution in [1.29, 1.82) is 0 Å². The van der Waals surface area contributed by atoms with Crippen molar-refractivity contribution in [3.05, 3.63) is 30.3 Å². The molecule has 0 spiro atoms. The van der Waals surface area contributed by atoms with E-state index in [1.54, 1.807) is 0 Å². The zero-order chi connectivity index (χ0) is 15.2. The number of para-hydroxylation sites is 1. The van der Waals surface area contributed by atoms with Crippen LogP contribution in [-0.4, -0.2) is 36.2 Å². The van der Waals surface area contributed by atoms with Crippen LogP contribution in [0.2, 0.25) is 0 Å². The van der Waals surface area contributed by atoms with Crippen LogP contribution >= 0.6 is 0 Å². The SMILES string of the molecule is O=C(Nc1ccccc1)OC1CCCC(N2CCCCC2)C1. The van der Waals surface area contributed by atoms with E-state index >= 15 is 0 Å². The highest BCUT2D eigenvalue weighted by molar-refractivity contribution is 5.84. The van der Waals surface area contributed by atoms with E-state index in [4.69, 9.17) is 4.74 Å². The van der Waals surface area contributed by atoms with Crippen molar-refractivity contribution in [1.82, 2.24) is 4.90 Å².